The second kappa shape index (κ2) is 5.34. The fourth-order valence-corrected chi connectivity index (χ4v) is 4.11. The molecule has 1 aliphatic rings. The topological polar surface area (TPSA) is 49.0 Å². The SMILES string of the molecule is CC1c2ccsc2CCN1Cc1nc2ccccc2[nH]c1=O. The zero-order chi connectivity index (χ0) is 15.1. The van der Waals surface area contributed by atoms with Crippen LogP contribution in [0.2, 0.25) is 0 Å². The van der Waals surface area contributed by atoms with Gasteiger partial charge in [0.25, 0.3) is 5.56 Å². The normalized spacial score (nSPS) is 18.5. The number of para-hydroxylation sites is 2. The Kier molecular flexibility index (Phi) is 3.32. The van der Waals surface area contributed by atoms with Crippen molar-refractivity contribution in [2.75, 3.05) is 6.54 Å². The molecular weight excluding hydrogens is 294 g/mol. The van der Waals surface area contributed by atoms with Crippen LogP contribution in [0.3, 0.4) is 0 Å². The van der Waals surface area contributed by atoms with Crippen LogP contribution < -0.4 is 5.56 Å². The Morgan fingerprint density at radius 1 is 1.36 bits per heavy atom. The van der Waals surface area contributed by atoms with Gasteiger partial charge in [-0.15, -0.1) is 11.3 Å². The average molecular weight is 311 g/mol. The van der Waals surface area contributed by atoms with Crippen LogP contribution >= 0.6 is 11.3 Å². The highest BCUT2D eigenvalue weighted by atomic mass is 32.1. The summed E-state index contributed by atoms with van der Waals surface area (Å²) in [5.74, 6) is 0. The number of aromatic nitrogens is 2. The molecule has 0 spiro atoms. The lowest BCUT2D eigenvalue weighted by molar-refractivity contribution is 0.188. The lowest BCUT2D eigenvalue weighted by Gasteiger charge is -2.33. The van der Waals surface area contributed by atoms with Gasteiger partial charge in [-0.2, -0.15) is 0 Å². The molecular formula is C17H17N3OS. The Bertz CT molecular complexity index is 883. The number of nitrogens with one attached hydrogen (secondary N) is 1. The van der Waals surface area contributed by atoms with E-state index in [1.165, 1.54) is 10.4 Å². The largest absolute Gasteiger partial charge is 0.319 e. The maximum absolute atomic E-state index is 12.3. The molecule has 2 aromatic heterocycles. The zero-order valence-corrected chi connectivity index (χ0v) is 13.2. The Morgan fingerprint density at radius 3 is 3.14 bits per heavy atom. The van der Waals surface area contributed by atoms with E-state index in [0.29, 0.717) is 18.3 Å². The van der Waals surface area contributed by atoms with E-state index >= 15 is 0 Å². The van der Waals surface area contributed by atoms with Gasteiger partial charge in [-0.05, 0) is 42.5 Å². The van der Waals surface area contributed by atoms with E-state index in [9.17, 15) is 4.79 Å². The van der Waals surface area contributed by atoms with E-state index in [2.05, 4.69) is 33.2 Å². The maximum Gasteiger partial charge on any atom is 0.271 e. The first-order chi connectivity index (χ1) is 10.7. The molecule has 0 saturated heterocycles. The minimum Gasteiger partial charge on any atom is -0.319 e. The molecule has 112 valence electrons. The molecule has 5 heteroatoms. The van der Waals surface area contributed by atoms with Crippen LogP contribution in [0.15, 0.2) is 40.5 Å². The molecule has 1 unspecified atom stereocenters. The van der Waals surface area contributed by atoms with E-state index in [4.69, 9.17) is 0 Å². The van der Waals surface area contributed by atoms with Gasteiger partial charge < -0.3 is 4.98 Å². The Balaban J connectivity index is 1.67. The molecule has 0 amide bonds. The second-order valence-corrected chi connectivity index (χ2v) is 6.73. The van der Waals surface area contributed by atoms with Crippen molar-refractivity contribution >= 4 is 22.4 Å². The fourth-order valence-electron chi connectivity index (χ4n) is 3.14. The highest BCUT2D eigenvalue weighted by molar-refractivity contribution is 7.10. The Morgan fingerprint density at radius 2 is 2.23 bits per heavy atom. The lowest BCUT2D eigenvalue weighted by atomic mass is 10.0. The van der Waals surface area contributed by atoms with E-state index in [1.54, 1.807) is 0 Å². The molecule has 4 nitrogen and oxygen atoms in total. The molecule has 0 saturated carbocycles. The van der Waals surface area contributed by atoms with Crippen molar-refractivity contribution in [2.45, 2.75) is 25.9 Å². The molecule has 1 atom stereocenters. The number of rotatable bonds is 2. The molecule has 0 aliphatic carbocycles. The van der Waals surface area contributed by atoms with Crippen molar-refractivity contribution in [1.82, 2.24) is 14.9 Å². The highest BCUT2D eigenvalue weighted by Crippen LogP contribution is 2.33. The molecule has 4 rings (SSSR count). The summed E-state index contributed by atoms with van der Waals surface area (Å²) in [7, 11) is 0. The van der Waals surface area contributed by atoms with Gasteiger partial charge in [-0.3, -0.25) is 9.69 Å². The van der Waals surface area contributed by atoms with Crippen LogP contribution in [0.1, 0.15) is 29.1 Å². The summed E-state index contributed by atoms with van der Waals surface area (Å²) in [5, 5.41) is 2.16. The molecule has 0 fully saturated rings. The number of thiophene rings is 1. The first-order valence-electron chi connectivity index (χ1n) is 7.50. The minimum absolute atomic E-state index is 0.0815. The van der Waals surface area contributed by atoms with Crippen molar-refractivity contribution in [3.8, 4) is 0 Å². The van der Waals surface area contributed by atoms with Crippen LogP contribution in [0.25, 0.3) is 11.0 Å². The third-order valence-electron chi connectivity index (χ3n) is 4.43. The van der Waals surface area contributed by atoms with Crippen molar-refractivity contribution in [3.05, 3.63) is 62.2 Å². The van der Waals surface area contributed by atoms with Crippen LogP contribution in [0.5, 0.6) is 0 Å². The monoisotopic (exact) mass is 311 g/mol. The highest BCUT2D eigenvalue weighted by Gasteiger charge is 2.25. The van der Waals surface area contributed by atoms with E-state index in [0.717, 1.165) is 24.0 Å². The quantitative estimate of drug-likeness (QED) is 0.791. The summed E-state index contributed by atoms with van der Waals surface area (Å²) in [4.78, 5) is 23.6. The standard InChI is InChI=1S/C17H17N3OS/c1-11-12-7-9-22-16(12)6-8-20(11)10-15-17(21)19-14-5-3-2-4-13(14)18-15/h2-5,7,9,11H,6,8,10H2,1H3,(H,19,21). The van der Waals surface area contributed by atoms with Crippen molar-refractivity contribution in [1.29, 1.82) is 0 Å². The van der Waals surface area contributed by atoms with Crippen LogP contribution in [0.4, 0.5) is 0 Å². The van der Waals surface area contributed by atoms with Gasteiger partial charge in [0.1, 0.15) is 5.69 Å². The fraction of sp³-hybridized carbons (Fsp3) is 0.294. The molecule has 0 bridgehead atoms. The zero-order valence-electron chi connectivity index (χ0n) is 12.4. The summed E-state index contributed by atoms with van der Waals surface area (Å²) in [6.07, 6.45) is 1.06. The van der Waals surface area contributed by atoms with Gasteiger partial charge in [-0.1, -0.05) is 12.1 Å². The third-order valence-corrected chi connectivity index (χ3v) is 5.42. The van der Waals surface area contributed by atoms with Crippen LogP contribution in [-0.2, 0) is 13.0 Å². The van der Waals surface area contributed by atoms with Crippen LogP contribution in [-0.4, -0.2) is 21.4 Å². The van der Waals surface area contributed by atoms with E-state index in [-0.39, 0.29) is 5.56 Å². The number of fused-ring (bicyclic) bond motifs is 2. The molecule has 3 heterocycles. The van der Waals surface area contributed by atoms with E-state index < -0.39 is 0 Å². The third kappa shape index (κ3) is 2.26. The molecule has 3 aromatic rings. The van der Waals surface area contributed by atoms with Crippen molar-refractivity contribution < 1.29 is 0 Å². The lowest BCUT2D eigenvalue weighted by Crippen LogP contribution is -2.35. The first kappa shape index (κ1) is 13.7. The molecule has 22 heavy (non-hydrogen) atoms. The number of H-pyrrole nitrogens is 1. The number of benzene rings is 1. The van der Waals surface area contributed by atoms with Gasteiger partial charge in [0, 0.05) is 24.0 Å². The summed E-state index contributed by atoms with van der Waals surface area (Å²) < 4.78 is 0. The van der Waals surface area contributed by atoms with Gasteiger partial charge in [0.15, 0.2) is 0 Å². The number of aromatic amines is 1. The number of hydrogen-bond donors (Lipinski definition) is 1. The van der Waals surface area contributed by atoms with Crippen LogP contribution in [0, 0.1) is 0 Å². The minimum atomic E-state index is -0.0815. The first-order valence-corrected chi connectivity index (χ1v) is 8.38. The van der Waals surface area contributed by atoms with Gasteiger partial charge in [0.05, 0.1) is 11.0 Å². The molecule has 1 aromatic carbocycles. The Hall–Kier alpha value is -1.98. The average Bonchev–Trinajstić information content (AvgIpc) is 3.00. The number of hydrogen-bond acceptors (Lipinski definition) is 4. The predicted octanol–water partition coefficient (Wildman–Crippen LogP) is 3.10. The predicted molar refractivity (Wildman–Crippen MR) is 89.2 cm³/mol. The van der Waals surface area contributed by atoms with Crippen molar-refractivity contribution in [2.24, 2.45) is 0 Å². The maximum atomic E-state index is 12.3. The summed E-state index contributed by atoms with van der Waals surface area (Å²) >= 11 is 1.83. The molecule has 1 aliphatic heterocycles. The molecule has 0 radical (unpaired) electrons. The smallest absolute Gasteiger partial charge is 0.271 e. The van der Waals surface area contributed by atoms with Gasteiger partial charge >= 0.3 is 0 Å². The van der Waals surface area contributed by atoms with E-state index in [1.807, 2.05) is 35.6 Å². The summed E-state index contributed by atoms with van der Waals surface area (Å²) in [6.45, 7) is 3.78. The summed E-state index contributed by atoms with van der Waals surface area (Å²) in [5.41, 5.74) is 3.56. The van der Waals surface area contributed by atoms with Gasteiger partial charge in [-0.25, -0.2) is 4.98 Å². The van der Waals surface area contributed by atoms with Crippen molar-refractivity contribution in [3.63, 3.8) is 0 Å². The summed E-state index contributed by atoms with van der Waals surface area (Å²) in [6, 6.07) is 10.2. The second-order valence-electron chi connectivity index (χ2n) is 5.73. The van der Waals surface area contributed by atoms with Gasteiger partial charge in [0.2, 0.25) is 0 Å². The Labute approximate surface area is 132 Å². The number of nitrogens with zero attached hydrogens (tertiary/aromatic N) is 2. The molecule has 1 N–H and O–H groups in total.